The zero-order valence-electron chi connectivity index (χ0n) is 15.0. The Morgan fingerprint density at radius 1 is 1.19 bits per heavy atom. The van der Waals surface area contributed by atoms with Crippen LogP contribution in [0, 0.1) is 0 Å². The molecule has 0 radical (unpaired) electrons. The van der Waals surface area contributed by atoms with Crippen molar-refractivity contribution in [3.05, 3.63) is 53.6 Å². The second-order valence-electron chi connectivity index (χ2n) is 5.89. The van der Waals surface area contributed by atoms with Crippen LogP contribution in [0.15, 0.2) is 47.6 Å². The summed E-state index contributed by atoms with van der Waals surface area (Å²) >= 11 is 0. The van der Waals surface area contributed by atoms with Crippen LogP contribution in [0.5, 0.6) is 11.5 Å². The first-order valence-electron chi connectivity index (χ1n) is 8.48. The molecule has 0 saturated carbocycles. The molecule has 0 spiro atoms. The highest BCUT2D eigenvalue weighted by Crippen LogP contribution is 2.26. The Balaban J connectivity index is 1.62. The average Bonchev–Trinajstić information content (AvgIpc) is 2.70. The van der Waals surface area contributed by atoms with Gasteiger partial charge in [-0.2, -0.15) is 0 Å². The van der Waals surface area contributed by atoms with Crippen molar-refractivity contribution in [3.63, 3.8) is 0 Å². The van der Waals surface area contributed by atoms with Crippen LogP contribution >= 0.6 is 0 Å². The van der Waals surface area contributed by atoms with E-state index in [9.17, 15) is 4.79 Å². The van der Waals surface area contributed by atoms with Gasteiger partial charge in [-0.1, -0.05) is 23.4 Å². The second kappa shape index (κ2) is 8.38. The topological polar surface area (TPSA) is 60.4 Å². The first kappa shape index (κ1) is 17.8. The third-order valence-corrected chi connectivity index (χ3v) is 4.30. The van der Waals surface area contributed by atoms with Gasteiger partial charge in [0.05, 0.1) is 20.4 Å². The summed E-state index contributed by atoms with van der Waals surface area (Å²) in [4.78, 5) is 19.5. The molecule has 1 heterocycles. The summed E-state index contributed by atoms with van der Waals surface area (Å²) in [5.41, 5.74) is 2.87. The highest BCUT2D eigenvalue weighted by atomic mass is 16.6. The number of fused-ring (bicyclic) bond motifs is 1. The minimum atomic E-state index is -0.114. The van der Waals surface area contributed by atoms with E-state index >= 15 is 0 Å². The van der Waals surface area contributed by atoms with Crippen molar-refractivity contribution < 1.29 is 19.1 Å². The fourth-order valence-electron chi connectivity index (χ4n) is 3.00. The number of oxime groups is 1. The molecule has 2 aromatic carbocycles. The number of nitrogens with zero attached hydrogens (tertiary/aromatic N) is 2. The standard InChI is InChI=1S/C20H22N2O4/c1-24-17-9-10-19(25-2)16(12-17)13-21-26-14-20(23)22-11-5-7-15-6-3-4-8-18(15)22/h3-4,6,8-10,12-13H,5,7,11,14H2,1-2H3/b21-13-. The summed E-state index contributed by atoms with van der Waals surface area (Å²) in [5.74, 6) is 1.23. The van der Waals surface area contributed by atoms with Crippen LogP contribution in [0.3, 0.4) is 0 Å². The third kappa shape index (κ3) is 3.96. The number of anilines is 1. The monoisotopic (exact) mass is 354 g/mol. The van der Waals surface area contributed by atoms with E-state index in [0.717, 1.165) is 18.5 Å². The molecule has 3 rings (SSSR count). The number of rotatable bonds is 6. The van der Waals surface area contributed by atoms with Gasteiger partial charge in [0.2, 0.25) is 0 Å². The molecule has 26 heavy (non-hydrogen) atoms. The maximum atomic E-state index is 12.5. The summed E-state index contributed by atoms with van der Waals surface area (Å²) in [5, 5.41) is 3.91. The lowest BCUT2D eigenvalue weighted by molar-refractivity contribution is -0.123. The molecule has 0 unspecified atom stereocenters. The molecule has 0 fully saturated rings. The predicted octanol–water partition coefficient (Wildman–Crippen LogP) is 3.03. The molecule has 1 aliphatic rings. The van der Waals surface area contributed by atoms with Crippen molar-refractivity contribution in [1.82, 2.24) is 0 Å². The Hall–Kier alpha value is -3.02. The van der Waals surface area contributed by atoms with E-state index in [0.29, 0.717) is 23.6 Å². The molecular weight excluding hydrogens is 332 g/mol. The van der Waals surface area contributed by atoms with E-state index in [2.05, 4.69) is 11.2 Å². The molecule has 6 heteroatoms. The predicted molar refractivity (Wildman–Crippen MR) is 100 cm³/mol. The number of hydrogen-bond acceptors (Lipinski definition) is 5. The number of benzene rings is 2. The van der Waals surface area contributed by atoms with Crippen LogP contribution in [0.4, 0.5) is 5.69 Å². The number of hydrogen-bond donors (Lipinski definition) is 0. The molecular formula is C20H22N2O4. The van der Waals surface area contributed by atoms with Gasteiger partial charge in [-0.3, -0.25) is 4.79 Å². The van der Waals surface area contributed by atoms with Crippen molar-refractivity contribution in [1.29, 1.82) is 0 Å². The number of carbonyl (C=O) groups excluding carboxylic acids is 1. The van der Waals surface area contributed by atoms with Crippen LogP contribution in [0.25, 0.3) is 0 Å². The van der Waals surface area contributed by atoms with Gasteiger partial charge in [0.25, 0.3) is 5.91 Å². The summed E-state index contributed by atoms with van der Waals surface area (Å²) in [6.45, 7) is 0.587. The molecule has 136 valence electrons. The Bertz CT molecular complexity index is 804. The van der Waals surface area contributed by atoms with Crippen LogP contribution in [0.1, 0.15) is 17.5 Å². The van der Waals surface area contributed by atoms with Crippen LogP contribution < -0.4 is 14.4 Å². The minimum absolute atomic E-state index is 0.105. The Morgan fingerprint density at radius 3 is 2.85 bits per heavy atom. The normalized spacial score (nSPS) is 13.4. The summed E-state index contributed by atoms with van der Waals surface area (Å²) < 4.78 is 10.5. The van der Waals surface area contributed by atoms with Crippen molar-refractivity contribution in [3.8, 4) is 11.5 Å². The van der Waals surface area contributed by atoms with Crippen LogP contribution in [-0.2, 0) is 16.1 Å². The van der Waals surface area contributed by atoms with Gasteiger partial charge in [-0.05, 0) is 42.7 Å². The van der Waals surface area contributed by atoms with Gasteiger partial charge < -0.3 is 19.2 Å². The smallest absolute Gasteiger partial charge is 0.267 e. The molecule has 0 N–H and O–H groups in total. The van der Waals surface area contributed by atoms with E-state index < -0.39 is 0 Å². The van der Waals surface area contributed by atoms with Gasteiger partial charge in [0.1, 0.15) is 11.5 Å². The van der Waals surface area contributed by atoms with Crippen molar-refractivity contribution in [2.24, 2.45) is 5.16 Å². The number of para-hydroxylation sites is 1. The number of amides is 1. The SMILES string of the molecule is COc1ccc(OC)c(/C=N\OCC(=O)N2CCCc3ccccc32)c1. The summed E-state index contributed by atoms with van der Waals surface area (Å²) in [7, 11) is 3.17. The molecule has 0 aromatic heterocycles. The average molecular weight is 354 g/mol. The minimum Gasteiger partial charge on any atom is -0.497 e. The molecule has 2 aromatic rings. The molecule has 6 nitrogen and oxygen atoms in total. The van der Waals surface area contributed by atoms with E-state index in [1.54, 1.807) is 37.3 Å². The number of methoxy groups -OCH3 is 2. The first-order valence-corrected chi connectivity index (χ1v) is 8.48. The molecule has 0 bridgehead atoms. The molecule has 1 aliphatic heterocycles. The van der Waals surface area contributed by atoms with Gasteiger partial charge in [0, 0.05) is 17.8 Å². The number of carbonyl (C=O) groups is 1. The quantitative estimate of drug-likeness (QED) is 0.591. The van der Waals surface area contributed by atoms with Crippen LogP contribution in [0.2, 0.25) is 0 Å². The largest absolute Gasteiger partial charge is 0.497 e. The van der Waals surface area contributed by atoms with Gasteiger partial charge in [-0.15, -0.1) is 0 Å². The van der Waals surface area contributed by atoms with E-state index in [1.807, 2.05) is 18.2 Å². The third-order valence-electron chi connectivity index (χ3n) is 4.30. The van der Waals surface area contributed by atoms with Crippen molar-refractivity contribution in [2.45, 2.75) is 12.8 Å². The van der Waals surface area contributed by atoms with Gasteiger partial charge >= 0.3 is 0 Å². The van der Waals surface area contributed by atoms with Crippen LogP contribution in [-0.4, -0.2) is 39.5 Å². The van der Waals surface area contributed by atoms with Gasteiger partial charge in [-0.25, -0.2) is 0 Å². The lowest BCUT2D eigenvalue weighted by Crippen LogP contribution is -2.37. The lowest BCUT2D eigenvalue weighted by atomic mass is 10.0. The second-order valence-corrected chi connectivity index (χ2v) is 5.89. The number of ether oxygens (including phenoxy) is 2. The molecule has 0 atom stereocenters. The lowest BCUT2D eigenvalue weighted by Gasteiger charge is -2.28. The summed E-state index contributed by atoms with van der Waals surface area (Å²) in [6.07, 6.45) is 3.46. The Morgan fingerprint density at radius 2 is 2.04 bits per heavy atom. The maximum absolute atomic E-state index is 12.5. The number of aryl methyl sites for hydroxylation is 1. The fourth-order valence-corrected chi connectivity index (χ4v) is 3.00. The Labute approximate surface area is 153 Å². The van der Waals surface area contributed by atoms with Gasteiger partial charge in [0.15, 0.2) is 6.61 Å². The fraction of sp³-hybridized carbons (Fsp3) is 0.300. The van der Waals surface area contributed by atoms with E-state index in [-0.39, 0.29) is 12.5 Å². The highest BCUT2D eigenvalue weighted by Gasteiger charge is 2.22. The molecule has 1 amide bonds. The van der Waals surface area contributed by atoms with E-state index in [4.69, 9.17) is 14.3 Å². The zero-order valence-corrected chi connectivity index (χ0v) is 15.0. The first-order chi connectivity index (χ1) is 12.7. The molecule has 0 aliphatic carbocycles. The van der Waals surface area contributed by atoms with E-state index in [1.165, 1.54) is 11.8 Å². The maximum Gasteiger partial charge on any atom is 0.267 e. The van der Waals surface area contributed by atoms with Crippen molar-refractivity contribution >= 4 is 17.8 Å². The zero-order chi connectivity index (χ0) is 18.4. The van der Waals surface area contributed by atoms with Crippen molar-refractivity contribution in [2.75, 3.05) is 32.3 Å². The highest BCUT2D eigenvalue weighted by molar-refractivity contribution is 5.95. The summed E-state index contributed by atoms with van der Waals surface area (Å²) in [6, 6.07) is 13.3. The Kier molecular flexibility index (Phi) is 5.73. The molecule has 0 saturated heterocycles.